The first-order valence-corrected chi connectivity index (χ1v) is 24.0. The fraction of sp³-hybridized carbons (Fsp3) is 0.100. The molecule has 0 spiro atoms. The molecule has 0 amide bonds. The van der Waals surface area contributed by atoms with Crippen LogP contribution in [0.1, 0.15) is 42.4 Å². The highest BCUT2D eigenvalue weighted by Crippen LogP contribution is 2.60. The van der Waals surface area contributed by atoms with Crippen LogP contribution in [0.15, 0.2) is 206 Å². The van der Waals surface area contributed by atoms with E-state index in [1.165, 1.54) is 122 Å². The van der Waals surface area contributed by atoms with Crippen molar-refractivity contribution in [2.24, 2.45) is 5.92 Å². The van der Waals surface area contributed by atoms with E-state index < -0.39 is 0 Å². The molecule has 0 bridgehead atoms. The van der Waals surface area contributed by atoms with Crippen LogP contribution in [0.3, 0.4) is 0 Å². The molecule has 1 saturated carbocycles. The van der Waals surface area contributed by atoms with Gasteiger partial charge in [0, 0.05) is 62.8 Å². The third-order valence-corrected chi connectivity index (χ3v) is 16.6. The number of hydrogen-bond acceptors (Lipinski definition) is 3. The molecule has 300 valence electrons. The molecule has 11 aromatic rings. The van der Waals surface area contributed by atoms with Crippen LogP contribution in [0.25, 0.3) is 73.7 Å². The van der Waals surface area contributed by atoms with Crippen LogP contribution in [0.5, 0.6) is 0 Å². The molecule has 9 aromatic carbocycles. The molecule has 0 radical (unpaired) electrons. The van der Waals surface area contributed by atoms with Crippen molar-refractivity contribution in [1.82, 2.24) is 0 Å². The summed E-state index contributed by atoms with van der Waals surface area (Å²) in [5.74, 6) is 0.526. The number of fused-ring (bicyclic) bond motifs is 9. The van der Waals surface area contributed by atoms with Gasteiger partial charge in [-0.1, -0.05) is 171 Å². The van der Waals surface area contributed by atoms with Gasteiger partial charge in [0.2, 0.25) is 0 Å². The highest BCUT2D eigenvalue weighted by Gasteiger charge is 2.50. The monoisotopic (exact) mass is 841 g/mol. The lowest BCUT2D eigenvalue weighted by atomic mass is 9.63. The van der Waals surface area contributed by atoms with Gasteiger partial charge in [0.25, 0.3) is 0 Å². The molecule has 63 heavy (non-hydrogen) atoms. The first kappa shape index (κ1) is 36.8. The Labute approximate surface area is 376 Å². The lowest BCUT2D eigenvalue weighted by molar-refractivity contribution is 0.388. The maximum Gasteiger partial charge on any atom is 0.0492 e. The molecule has 0 saturated heterocycles. The maximum atomic E-state index is 2.52. The van der Waals surface area contributed by atoms with Crippen LogP contribution in [-0.2, 0) is 5.41 Å². The van der Waals surface area contributed by atoms with E-state index in [0.29, 0.717) is 5.92 Å². The highest BCUT2D eigenvalue weighted by atomic mass is 32.1. The predicted molar refractivity (Wildman–Crippen MR) is 271 cm³/mol. The number of nitrogens with zero attached hydrogens (tertiary/aromatic N) is 1. The summed E-state index contributed by atoms with van der Waals surface area (Å²) in [5.41, 5.74) is 15.3. The number of anilines is 3. The van der Waals surface area contributed by atoms with Crippen molar-refractivity contribution in [2.45, 2.75) is 31.1 Å². The van der Waals surface area contributed by atoms with E-state index >= 15 is 0 Å². The van der Waals surface area contributed by atoms with Crippen LogP contribution >= 0.6 is 22.7 Å². The quantitative estimate of drug-likeness (QED) is 0.155. The molecule has 2 aromatic heterocycles. The van der Waals surface area contributed by atoms with Gasteiger partial charge in [-0.05, 0) is 117 Å². The van der Waals surface area contributed by atoms with Gasteiger partial charge < -0.3 is 4.90 Å². The van der Waals surface area contributed by atoms with Gasteiger partial charge in [0.05, 0.1) is 0 Å². The molecule has 1 fully saturated rings. The predicted octanol–water partition coefficient (Wildman–Crippen LogP) is 17.7. The molecule has 2 aliphatic rings. The van der Waals surface area contributed by atoms with Crippen molar-refractivity contribution in [3.8, 4) is 33.4 Å². The van der Waals surface area contributed by atoms with Crippen molar-refractivity contribution >= 4 is 80.1 Å². The summed E-state index contributed by atoms with van der Waals surface area (Å²) in [5, 5.41) is 5.32. The Morgan fingerprint density at radius 3 is 1.37 bits per heavy atom. The van der Waals surface area contributed by atoms with E-state index in [1.807, 2.05) is 22.7 Å². The first-order valence-electron chi connectivity index (χ1n) is 22.4. The Kier molecular flexibility index (Phi) is 8.57. The molecular formula is C60H43NS2. The third kappa shape index (κ3) is 5.66. The van der Waals surface area contributed by atoms with Crippen molar-refractivity contribution in [3.05, 3.63) is 223 Å². The van der Waals surface area contributed by atoms with E-state index in [-0.39, 0.29) is 5.41 Å². The fourth-order valence-electron chi connectivity index (χ4n) is 11.5. The van der Waals surface area contributed by atoms with Crippen LogP contribution in [0.4, 0.5) is 17.1 Å². The van der Waals surface area contributed by atoms with Crippen molar-refractivity contribution in [2.75, 3.05) is 4.90 Å². The Balaban J connectivity index is 0.972. The van der Waals surface area contributed by atoms with Gasteiger partial charge in [-0.3, -0.25) is 0 Å². The average molecular weight is 842 g/mol. The molecular weight excluding hydrogens is 799 g/mol. The summed E-state index contributed by atoms with van der Waals surface area (Å²) >= 11 is 3.79. The molecule has 0 unspecified atom stereocenters. The number of benzene rings is 9. The van der Waals surface area contributed by atoms with E-state index in [1.54, 1.807) is 0 Å². The van der Waals surface area contributed by atoms with Crippen molar-refractivity contribution in [3.63, 3.8) is 0 Å². The second kappa shape index (κ2) is 14.7. The Bertz CT molecular complexity index is 3330. The zero-order valence-electron chi connectivity index (χ0n) is 34.8. The van der Waals surface area contributed by atoms with E-state index in [9.17, 15) is 0 Å². The summed E-state index contributed by atoms with van der Waals surface area (Å²) in [6.07, 6.45) is 5.04. The topological polar surface area (TPSA) is 3.24 Å². The number of hydrogen-bond donors (Lipinski definition) is 0. The third-order valence-electron chi connectivity index (χ3n) is 14.2. The zero-order chi connectivity index (χ0) is 41.5. The second-order valence-electron chi connectivity index (χ2n) is 17.4. The summed E-state index contributed by atoms with van der Waals surface area (Å²) in [6, 6.07) is 77.8. The molecule has 2 heterocycles. The lowest BCUT2D eigenvalue weighted by Gasteiger charge is -2.39. The summed E-state index contributed by atoms with van der Waals surface area (Å²) in [6.45, 7) is 0. The molecule has 0 atom stereocenters. The molecule has 13 rings (SSSR count). The number of rotatable bonds is 7. The van der Waals surface area contributed by atoms with Crippen molar-refractivity contribution in [1.29, 1.82) is 0 Å². The van der Waals surface area contributed by atoms with E-state index in [2.05, 4.69) is 211 Å². The molecule has 0 aliphatic heterocycles. The summed E-state index contributed by atoms with van der Waals surface area (Å²) in [4.78, 5) is 2.48. The standard InChI is InChI=1S/C60H43NS2/c1-2-15-41(14-1)60(54-26-7-3-18-48(54)49-19-4-8-27-55(49)60)42-16-11-17-45(38-42)61(43-34-30-39(31-35-43)46-22-12-24-52-50-20-5-9-28-56(50)62-58(46)52)44-36-32-40(33-37-44)47-23-13-25-53-51-21-6-10-29-57(51)63-59(47)53/h3-13,16-38,41H,1-2,14-15H2. The largest absolute Gasteiger partial charge is 0.310 e. The normalized spacial score (nSPS) is 14.5. The molecule has 0 N–H and O–H groups in total. The van der Waals surface area contributed by atoms with Crippen LogP contribution in [0, 0.1) is 5.92 Å². The zero-order valence-corrected chi connectivity index (χ0v) is 36.4. The maximum absolute atomic E-state index is 2.52. The lowest BCUT2D eigenvalue weighted by Crippen LogP contribution is -2.35. The highest BCUT2D eigenvalue weighted by molar-refractivity contribution is 7.26. The Hall–Kier alpha value is -6.78. The van der Waals surface area contributed by atoms with Gasteiger partial charge in [0.1, 0.15) is 0 Å². The van der Waals surface area contributed by atoms with E-state index in [0.717, 1.165) is 11.4 Å². The smallest absolute Gasteiger partial charge is 0.0492 e. The van der Waals surface area contributed by atoms with Gasteiger partial charge in [-0.2, -0.15) is 0 Å². The van der Waals surface area contributed by atoms with Crippen molar-refractivity contribution < 1.29 is 0 Å². The van der Waals surface area contributed by atoms with Gasteiger partial charge in [-0.25, -0.2) is 0 Å². The second-order valence-corrected chi connectivity index (χ2v) is 19.5. The Morgan fingerprint density at radius 2 is 0.825 bits per heavy atom. The summed E-state index contributed by atoms with van der Waals surface area (Å²) in [7, 11) is 0. The minimum absolute atomic E-state index is 0.217. The summed E-state index contributed by atoms with van der Waals surface area (Å²) < 4.78 is 5.35. The van der Waals surface area contributed by atoms with E-state index in [4.69, 9.17) is 0 Å². The first-order chi connectivity index (χ1) is 31.2. The molecule has 2 aliphatic carbocycles. The SMILES string of the molecule is c1cc(N(c2ccc(-c3cccc4c3sc3ccccc34)cc2)c2ccc(-c3cccc4c3sc3ccccc34)cc2)cc(C2(C3CCCC3)c3ccccc3-c3ccccc32)c1. The van der Waals surface area contributed by atoms with Crippen LogP contribution < -0.4 is 4.90 Å². The Morgan fingerprint density at radius 1 is 0.381 bits per heavy atom. The van der Waals surface area contributed by atoms with Crippen LogP contribution in [0.2, 0.25) is 0 Å². The number of thiophene rings is 2. The minimum Gasteiger partial charge on any atom is -0.310 e. The van der Waals surface area contributed by atoms with Gasteiger partial charge in [-0.15, -0.1) is 22.7 Å². The molecule has 1 nitrogen and oxygen atoms in total. The minimum atomic E-state index is -0.217. The average Bonchev–Trinajstić information content (AvgIpc) is 4.16. The molecule has 3 heteroatoms. The van der Waals surface area contributed by atoms with Crippen LogP contribution in [-0.4, -0.2) is 0 Å². The fourth-order valence-corrected chi connectivity index (χ4v) is 14.0. The van der Waals surface area contributed by atoms with Gasteiger partial charge in [0.15, 0.2) is 0 Å². The van der Waals surface area contributed by atoms with Gasteiger partial charge >= 0.3 is 0 Å².